The van der Waals surface area contributed by atoms with Crippen LogP contribution in [0.3, 0.4) is 0 Å². The van der Waals surface area contributed by atoms with Crippen molar-refractivity contribution in [3.63, 3.8) is 0 Å². The Balaban J connectivity index is 0.000000138. The second kappa shape index (κ2) is 9.38. The molecule has 0 bridgehead atoms. The standard InChI is InChI=1S/C16H11N.C13H10NOS.Y/c1-2-6-12-11(5-1)9-10-15-16(12)13-7-3-4-8-14(13)17-15;1-14-13-11(16)7-6-10-12(13)8-4-2-3-5-9(8)15-10;/h1-10,17H;2-7,16H,1H3;/q;-1;/p-1. The van der Waals surface area contributed by atoms with Crippen molar-refractivity contribution in [3.8, 4) is 0 Å². The van der Waals surface area contributed by atoms with E-state index in [1.165, 1.54) is 32.6 Å². The Kier molecular flexibility index (Phi) is 6.31. The Bertz CT molecular complexity index is 1780. The summed E-state index contributed by atoms with van der Waals surface area (Å²) in [5.74, 6) is 0. The molecule has 2 aromatic heterocycles. The Hall–Kier alpha value is -2.92. The number of fused-ring (bicyclic) bond motifs is 8. The van der Waals surface area contributed by atoms with Crippen molar-refractivity contribution in [3.05, 3.63) is 102 Å². The molecule has 3 nitrogen and oxygen atoms in total. The zero-order valence-corrected chi connectivity index (χ0v) is 22.2. The first-order chi connectivity index (χ1) is 16.2. The number of hydrogen-bond acceptors (Lipinski definition) is 2. The summed E-state index contributed by atoms with van der Waals surface area (Å²) in [6.07, 6.45) is 0. The first-order valence-corrected chi connectivity index (χ1v) is 11.2. The van der Waals surface area contributed by atoms with Crippen LogP contribution in [-0.2, 0) is 45.3 Å². The fraction of sp³-hybridized carbons (Fsp3) is 0.0345. The Morgan fingerprint density at radius 1 is 0.647 bits per heavy atom. The predicted molar refractivity (Wildman–Crippen MR) is 142 cm³/mol. The molecule has 0 saturated carbocycles. The van der Waals surface area contributed by atoms with Crippen LogP contribution in [0.25, 0.3) is 59.8 Å². The normalized spacial score (nSPS) is 11.0. The minimum absolute atomic E-state index is 0. The van der Waals surface area contributed by atoms with Gasteiger partial charge in [0.25, 0.3) is 0 Å². The number of aromatic amines is 1. The number of hydrogen-bond donors (Lipinski definition) is 1. The first-order valence-electron chi connectivity index (χ1n) is 10.8. The topological polar surface area (TPSA) is 43.0 Å². The van der Waals surface area contributed by atoms with E-state index in [0.717, 1.165) is 32.5 Å². The average molecular weight is 533 g/mol. The molecule has 5 aromatic carbocycles. The number of rotatable bonds is 1. The van der Waals surface area contributed by atoms with Crippen LogP contribution in [0.4, 0.5) is 5.69 Å². The van der Waals surface area contributed by atoms with Gasteiger partial charge in [-0.3, -0.25) is 0 Å². The van der Waals surface area contributed by atoms with Crippen LogP contribution in [0, 0.1) is 0 Å². The minimum Gasteiger partial charge on any atom is -0.781 e. The molecule has 5 heteroatoms. The number of aromatic nitrogens is 1. The summed E-state index contributed by atoms with van der Waals surface area (Å²) < 4.78 is 5.74. The van der Waals surface area contributed by atoms with Crippen LogP contribution in [0.5, 0.6) is 0 Å². The van der Waals surface area contributed by atoms with Gasteiger partial charge in [0.15, 0.2) is 0 Å². The SMILES string of the molecule is C[N-]c1c([S-])ccc2oc3ccccc3c12.[Y].c1ccc2c(c1)ccc1[nH]c3ccccc3c12. The Morgan fingerprint density at radius 3 is 2.18 bits per heavy atom. The number of nitrogens with zero attached hydrogens (tertiary/aromatic N) is 1. The third-order valence-corrected chi connectivity index (χ3v) is 6.43. The van der Waals surface area contributed by atoms with Crippen LogP contribution in [0.1, 0.15) is 0 Å². The molecule has 0 aliphatic rings. The Morgan fingerprint density at radius 2 is 1.35 bits per heavy atom. The van der Waals surface area contributed by atoms with Crippen LogP contribution in [0.15, 0.2) is 106 Å². The molecular weight excluding hydrogens is 513 g/mol. The second-order valence-electron chi connectivity index (χ2n) is 7.99. The summed E-state index contributed by atoms with van der Waals surface area (Å²) in [6.45, 7) is 0. The van der Waals surface area contributed by atoms with Crippen molar-refractivity contribution in [1.82, 2.24) is 4.98 Å². The van der Waals surface area contributed by atoms with Crippen molar-refractivity contribution in [1.29, 1.82) is 0 Å². The van der Waals surface area contributed by atoms with E-state index in [9.17, 15) is 0 Å². The van der Waals surface area contributed by atoms with Gasteiger partial charge in [-0.1, -0.05) is 72.8 Å². The molecule has 0 amide bonds. The summed E-state index contributed by atoms with van der Waals surface area (Å²) in [4.78, 5) is 4.24. The summed E-state index contributed by atoms with van der Waals surface area (Å²) in [5.41, 5.74) is 4.99. The molecule has 0 aliphatic heterocycles. The maximum Gasteiger partial charge on any atom is 0.135 e. The molecule has 2 heterocycles. The van der Waals surface area contributed by atoms with E-state index in [2.05, 4.69) is 71.0 Å². The monoisotopic (exact) mass is 533 g/mol. The molecule has 0 unspecified atom stereocenters. The van der Waals surface area contributed by atoms with Crippen molar-refractivity contribution in [2.24, 2.45) is 0 Å². The molecule has 0 atom stereocenters. The van der Waals surface area contributed by atoms with Gasteiger partial charge in [-0.25, -0.2) is 0 Å². The molecular formula is C29H20N2OSY-2. The van der Waals surface area contributed by atoms with Gasteiger partial charge in [0.1, 0.15) is 11.2 Å². The van der Waals surface area contributed by atoms with E-state index in [1.54, 1.807) is 7.05 Å². The second-order valence-corrected chi connectivity index (χ2v) is 8.43. The van der Waals surface area contributed by atoms with Gasteiger partial charge in [0, 0.05) is 65.3 Å². The van der Waals surface area contributed by atoms with Gasteiger partial charge in [0.2, 0.25) is 0 Å². The maximum absolute atomic E-state index is 5.74. The summed E-state index contributed by atoms with van der Waals surface area (Å²) in [5, 5.41) is 11.6. The molecule has 1 N–H and O–H groups in total. The van der Waals surface area contributed by atoms with E-state index in [4.69, 9.17) is 17.0 Å². The minimum atomic E-state index is 0. The van der Waals surface area contributed by atoms with Crippen LogP contribution in [-0.4, -0.2) is 12.0 Å². The fourth-order valence-corrected chi connectivity index (χ4v) is 4.88. The van der Waals surface area contributed by atoms with Crippen molar-refractivity contribution < 1.29 is 37.1 Å². The number of nitrogens with one attached hydrogen (secondary N) is 1. The fourth-order valence-electron chi connectivity index (χ4n) is 4.62. The zero-order chi connectivity index (χ0) is 22.4. The third kappa shape index (κ3) is 3.76. The van der Waals surface area contributed by atoms with Gasteiger partial charge in [-0.05, 0) is 35.0 Å². The van der Waals surface area contributed by atoms with Crippen molar-refractivity contribution in [2.75, 3.05) is 7.05 Å². The van der Waals surface area contributed by atoms with Gasteiger partial charge in [-0.15, -0.1) is 12.7 Å². The van der Waals surface area contributed by atoms with Gasteiger partial charge in [0.05, 0.1) is 0 Å². The van der Waals surface area contributed by atoms with Crippen molar-refractivity contribution in [2.45, 2.75) is 4.90 Å². The van der Waals surface area contributed by atoms with Gasteiger partial charge in [-0.2, -0.15) is 4.90 Å². The largest absolute Gasteiger partial charge is 0.781 e. The zero-order valence-electron chi connectivity index (χ0n) is 18.6. The molecule has 163 valence electrons. The van der Waals surface area contributed by atoms with E-state index < -0.39 is 0 Å². The number of para-hydroxylation sites is 2. The first kappa shape index (κ1) is 22.9. The number of furan rings is 1. The average Bonchev–Trinajstić information content (AvgIpc) is 3.43. The smallest absolute Gasteiger partial charge is 0.135 e. The summed E-state index contributed by atoms with van der Waals surface area (Å²) >= 11 is 5.27. The quantitative estimate of drug-likeness (QED) is 0.215. The Labute approximate surface area is 227 Å². The predicted octanol–water partition coefficient (Wildman–Crippen LogP) is 8.60. The van der Waals surface area contributed by atoms with Crippen LogP contribution >= 0.6 is 0 Å². The summed E-state index contributed by atoms with van der Waals surface area (Å²) in [7, 11) is 1.76. The van der Waals surface area contributed by atoms with Gasteiger partial charge >= 0.3 is 0 Å². The van der Waals surface area contributed by atoms with Gasteiger partial charge < -0.3 is 27.3 Å². The summed E-state index contributed by atoms with van der Waals surface area (Å²) in [6, 6.07) is 33.1. The molecule has 34 heavy (non-hydrogen) atoms. The molecule has 0 fully saturated rings. The number of benzene rings is 5. The van der Waals surface area contributed by atoms with E-state index >= 15 is 0 Å². The molecule has 7 rings (SSSR count). The molecule has 1 radical (unpaired) electrons. The maximum atomic E-state index is 5.74. The van der Waals surface area contributed by atoms with E-state index in [-0.39, 0.29) is 32.7 Å². The van der Waals surface area contributed by atoms with Crippen LogP contribution < -0.4 is 0 Å². The molecule has 0 aliphatic carbocycles. The third-order valence-electron chi connectivity index (χ3n) is 6.10. The van der Waals surface area contributed by atoms with Crippen LogP contribution in [0.2, 0.25) is 0 Å². The van der Waals surface area contributed by atoms with E-state index in [0.29, 0.717) is 0 Å². The van der Waals surface area contributed by atoms with Crippen molar-refractivity contribution >= 4 is 72.8 Å². The molecule has 0 saturated heterocycles. The number of H-pyrrole nitrogens is 1. The van der Waals surface area contributed by atoms with E-state index in [1.807, 2.05) is 36.4 Å². The molecule has 0 spiro atoms. The molecule has 7 aromatic rings.